The van der Waals surface area contributed by atoms with Gasteiger partial charge in [0.2, 0.25) is 11.0 Å². The lowest BCUT2D eigenvalue weighted by molar-refractivity contribution is -0.138. The van der Waals surface area contributed by atoms with Crippen LogP contribution in [0.2, 0.25) is 0 Å². The summed E-state index contributed by atoms with van der Waals surface area (Å²) in [6.07, 6.45) is -0.912. The van der Waals surface area contributed by atoms with Gasteiger partial charge in [-0.2, -0.15) is 8.42 Å². The van der Waals surface area contributed by atoms with Gasteiger partial charge < -0.3 is 10.4 Å². The van der Waals surface area contributed by atoms with E-state index in [0.717, 1.165) is 11.3 Å². The largest absolute Gasteiger partial charge is 0.480 e. The standard InChI is InChI=1S/C9H13N3O6S2/c1-4(2)7-11-12-9(19-7)10-6(13)3-5(8(14)15)20(16,17)18/h4-5H,3H2,1-2H3,(H,14,15)(H,10,12,13)(H,16,17,18). The SMILES string of the molecule is CC(C)c1nnc(NC(=O)CC(C(=O)O)S(=O)(=O)O)s1. The zero-order valence-electron chi connectivity index (χ0n) is 10.6. The van der Waals surface area contributed by atoms with Gasteiger partial charge in [-0.05, 0) is 0 Å². The van der Waals surface area contributed by atoms with Gasteiger partial charge in [-0.1, -0.05) is 25.2 Å². The molecule has 3 N–H and O–H groups in total. The average molecular weight is 323 g/mol. The molecule has 0 radical (unpaired) electrons. The molecule has 1 amide bonds. The molecule has 112 valence electrons. The summed E-state index contributed by atoms with van der Waals surface area (Å²) in [5.74, 6) is -2.58. The van der Waals surface area contributed by atoms with Crippen molar-refractivity contribution in [1.29, 1.82) is 0 Å². The smallest absolute Gasteiger partial charge is 0.324 e. The highest BCUT2D eigenvalue weighted by molar-refractivity contribution is 7.87. The van der Waals surface area contributed by atoms with E-state index < -0.39 is 33.7 Å². The van der Waals surface area contributed by atoms with Crippen LogP contribution < -0.4 is 5.32 Å². The van der Waals surface area contributed by atoms with Gasteiger partial charge in [0.15, 0.2) is 5.25 Å². The van der Waals surface area contributed by atoms with Crippen LogP contribution >= 0.6 is 11.3 Å². The second kappa shape index (κ2) is 6.24. The molecule has 1 aromatic heterocycles. The molecular formula is C9H13N3O6S2. The number of nitrogens with zero attached hydrogens (tertiary/aromatic N) is 2. The van der Waals surface area contributed by atoms with E-state index in [1.165, 1.54) is 0 Å². The Labute approximate surface area is 118 Å². The number of carboxylic acid groups (broad SMARTS) is 1. The first kappa shape index (κ1) is 16.5. The van der Waals surface area contributed by atoms with Gasteiger partial charge in [0.05, 0.1) is 6.42 Å². The first-order chi connectivity index (χ1) is 9.11. The maximum Gasteiger partial charge on any atom is 0.324 e. The minimum Gasteiger partial charge on any atom is -0.480 e. The van der Waals surface area contributed by atoms with Crippen LogP contribution in [0, 0.1) is 0 Å². The summed E-state index contributed by atoms with van der Waals surface area (Å²) < 4.78 is 30.4. The van der Waals surface area contributed by atoms with Crippen LogP contribution in [-0.4, -0.2) is 45.4 Å². The highest BCUT2D eigenvalue weighted by Crippen LogP contribution is 2.22. The number of carbonyl (C=O) groups is 2. The van der Waals surface area contributed by atoms with E-state index in [1.54, 1.807) is 0 Å². The molecule has 1 rings (SSSR count). The van der Waals surface area contributed by atoms with Crippen LogP contribution in [0.1, 0.15) is 31.2 Å². The number of hydrogen-bond donors (Lipinski definition) is 3. The zero-order chi connectivity index (χ0) is 15.5. The number of hydrogen-bond acceptors (Lipinski definition) is 7. The molecule has 0 aliphatic carbocycles. The Morgan fingerprint density at radius 2 is 1.95 bits per heavy atom. The Balaban J connectivity index is 2.73. The molecule has 0 spiro atoms. The van der Waals surface area contributed by atoms with E-state index in [0.29, 0.717) is 5.01 Å². The lowest BCUT2D eigenvalue weighted by Crippen LogP contribution is -2.33. The first-order valence-electron chi connectivity index (χ1n) is 5.43. The Bertz CT molecular complexity index is 609. The summed E-state index contributed by atoms with van der Waals surface area (Å²) in [5.41, 5.74) is 0. The normalized spacial score (nSPS) is 13.2. The van der Waals surface area contributed by atoms with Crippen molar-refractivity contribution in [1.82, 2.24) is 10.2 Å². The van der Waals surface area contributed by atoms with Gasteiger partial charge >= 0.3 is 5.97 Å². The maximum absolute atomic E-state index is 11.5. The highest BCUT2D eigenvalue weighted by atomic mass is 32.2. The van der Waals surface area contributed by atoms with Crippen LogP contribution in [0.25, 0.3) is 0 Å². The number of amides is 1. The van der Waals surface area contributed by atoms with Crippen molar-refractivity contribution in [2.24, 2.45) is 0 Å². The molecule has 0 fully saturated rings. The minimum absolute atomic E-state index is 0.114. The number of aliphatic carboxylic acids is 1. The molecule has 1 heterocycles. The van der Waals surface area contributed by atoms with Gasteiger partial charge in [0.25, 0.3) is 10.1 Å². The highest BCUT2D eigenvalue weighted by Gasteiger charge is 2.33. The second-order valence-corrected chi connectivity index (χ2v) is 6.80. The molecule has 1 atom stereocenters. The van der Waals surface area contributed by atoms with Crippen LogP contribution in [0.15, 0.2) is 0 Å². The fourth-order valence-corrected chi connectivity index (χ4v) is 2.56. The predicted molar refractivity (Wildman–Crippen MR) is 70.2 cm³/mol. The summed E-state index contributed by atoms with van der Waals surface area (Å²) >= 11 is 1.10. The summed E-state index contributed by atoms with van der Waals surface area (Å²) in [6.45, 7) is 3.76. The number of rotatable bonds is 6. The molecule has 0 aromatic carbocycles. The third kappa shape index (κ3) is 4.51. The molecule has 0 aliphatic rings. The van der Waals surface area contributed by atoms with Gasteiger partial charge in [0, 0.05) is 5.92 Å². The summed E-state index contributed by atoms with van der Waals surface area (Å²) in [6, 6.07) is 0. The average Bonchev–Trinajstić information content (AvgIpc) is 2.72. The Morgan fingerprint density at radius 3 is 2.35 bits per heavy atom. The molecule has 1 aromatic rings. The molecule has 0 saturated heterocycles. The number of anilines is 1. The van der Waals surface area contributed by atoms with E-state index in [4.69, 9.17) is 9.66 Å². The Morgan fingerprint density at radius 1 is 1.35 bits per heavy atom. The molecule has 20 heavy (non-hydrogen) atoms. The Hall–Kier alpha value is -1.59. The van der Waals surface area contributed by atoms with Crippen molar-refractivity contribution in [2.75, 3.05) is 5.32 Å². The number of nitrogens with one attached hydrogen (secondary N) is 1. The van der Waals surface area contributed by atoms with E-state index >= 15 is 0 Å². The van der Waals surface area contributed by atoms with Crippen LogP contribution in [0.5, 0.6) is 0 Å². The predicted octanol–water partition coefficient (Wildman–Crippen LogP) is 0.331. The van der Waals surface area contributed by atoms with E-state index in [-0.39, 0.29) is 11.0 Å². The number of aromatic nitrogens is 2. The Kier molecular flexibility index (Phi) is 5.14. The number of carbonyl (C=O) groups excluding carboxylic acids is 1. The molecular weight excluding hydrogens is 310 g/mol. The van der Waals surface area contributed by atoms with Crippen molar-refractivity contribution in [3.63, 3.8) is 0 Å². The zero-order valence-corrected chi connectivity index (χ0v) is 12.2. The van der Waals surface area contributed by atoms with Crippen LogP contribution in [-0.2, 0) is 19.7 Å². The van der Waals surface area contributed by atoms with Crippen molar-refractivity contribution >= 4 is 38.5 Å². The fourth-order valence-electron chi connectivity index (χ4n) is 1.18. The van der Waals surface area contributed by atoms with Gasteiger partial charge in [-0.15, -0.1) is 10.2 Å². The summed E-state index contributed by atoms with van der Waals surface area (Å²) in [7, 11) is -4.85. The molecule has 0 saturated carbocycles. The van der Waals surface area contributed by atoms with Crippen molar-refractivity contribution < 1.29 is 27.7 Å². The van der Waals surface area contributed by atoms with E-state index in [1.807, 2.05) is 13.8 Å². The van der Waals surface area contributed by atoms with Gasteiger partial charge in [0.1, 0.15) is 5.01 Å². The molecule has 0 aliphatic heterocycles. The molecule has 0 bridgehead atoms. The quantitative estimate of drug-likeness (QED) is 0.635. The molecule has 9 nitrogen and oxygen atoms in total. The molecule has 1 unspecified atom stereocenters. The molecule has 11 heteroatoms. The lowest BCUT2D eigenvalue weighted by atomic mass is 10.2. The van der Waals surface area contributed by atoms with E-state index in [9.17, 15) is 18.0 Å². The third-order valence-electron chi connectivity index (χ3n) is 2.19. The fraction of sp³-hybridized carbons (Fsp3) is 0.556. The topological polar surface area (TPSA) is 147 Å². The van der Waals surface area contributed by atoms with Crippen molar-refractivity contribution in [3.8, 4) is 0 Å². The van der Waals surface area contributed by atoms with Gasteiger partial charge in [-0.25, -0.2) is 0 Å². The first-order valence-corrected chi connectivity index (χ1v) is 7.75. The number of carboxylic acids is 1. The monoisotopic (exact) mass is 323 g/mol. The van der Waals surface area contributed by atoms with Crippen molar-refractivity contribution in [2.45, 2.75) is 31.4 Å². The maximum atomic E-state index is 11.5. The van der Waals surface area contributed by atoms with Crippen molar-refractivity contribution in [3.05, 3.63) is 5.01 Å². The van der Waals surface area contributed by atoms with E-state index in [2.05, 4.69) is 15.5 Å². The summed E-state index contributed by atoms with van der Waals surface area (Å²) in [5, 5.41) is 17.0. The minimum atomic E-state index is -4.85. The summed E-state index contributed by atoms with van der Waals surface area (Å²) in [4.78, 5) is 22.2. The lowest BCUT2D eigenvalue weighted by Gasteiger charge is -2.07. The van der Waals surface area contributed by atoms with Crippen LogP contribution in [0.3, 0.4) is 0 Å². The third-order valence-corrected chi connectivity index (χ3v) is 4.41. The van der Waals surface area contributed by atoms with Crippen LogP contribution in [0.4, 0.5) is 5.13 Å². The second-order valence-electron chi connectivity index (χ2n) is 4.19. The van der Waals surface area contributed by atoms with Gasteiger partial charge in [-0.3, -0.25) is 14.1 Å².